The summed E-state index contributed by atoms with van der Waals surface area (Å²) < 4.78 is 26.0. The quantitative estimate of drug-likeness (QED) is 0.845. The van der Waals surface area contributed by atoms with Gasteiger partial charge in [0.1, 0.15) is 5.25 Å². The number of hydrogen-bond donors (Lipinski definition) is 0. The van der Waals surface area contributed by atoms with E-state index in [1.54, 1.807) is 24.0 Å². The Morgan fingerprint density at radius 3 is 2.56 bits per heavy atom. The van der Waals surface area contributed by atoms with Gasteiger partial charge in [-0.3, -0.25) is 4.79 Å². The minimum absolute atomic E-state index is 0.240. The molecule has 3 rings (SSSR count). The number of nitrogens with zero attached hydrogens (tertiary/aromatic N) is 1. The van der Waals surface area contributed by atoms with Crippen LogP contribution in [0.5, 0.6) is 0 Å². The first-order chi connectivity index (χ1) is 11.8. The van der Waals surface area contributed by atoms with Crippen LogP contribution in [0, 0.1) is 13.8 Å². The first-order valence-electron chi connectivity index (χ1n) is 8.53. The SMILES string of the molecule is Cc1ccc(S(=O)(=O)C(C)C(=O)N2CCCc3ccccc32)c(C)c1. The molecule has 132 valence electrons. The van der Waals surface area contributed by atoms with Crippen molar-refractivity contribution in [2.75, 3.05) is 11.4 Å². The van der Waals surface area contributed by atoms with Crippen molar-refractivity contribution in [3.05, 3.63) is 59.2 Å². The molecule has 25 heavy (non-hydrogen) atoms. The predicted molar refractivity (Wildman–Crippen MR) is 99.7 cm³/mol. The second-order valence-corrected chi connectivity index (χ2v) is 8.92. The van der Waals surface area contributed by atoms with Gasteiger partial charge in [-0.2, -0.15) is 0 Å². The third kappa shape index (κ3) is 3.21. The highest BCUT2D eigenvalue weighted by atomic mass is 32.2. The number of hydrogen-bond acceptors (Lipinski definition) is 3. The van der Waals surface area contributed by atoms with E-state index >= 15 is 0 Å². The summed E-state index contributed by atoms with van der Waals surface area (Å²) in [6.45, 7) is 5.74. The van der Waals surface area contributed by atoms with E-state index in [9.17, 15) is 13.2 Å². The molecule has 0 spiro atoms. The van der Waals surface area contributed by atoms with Gasteiger partial charge in [0.2, 0.25) is 5.91 Å². The number of aryl methyl sites for hydroxylation is 3. The molecule has 0 saturated carbocycles. The molecule has 1 unspecified atom stereocenters. The summed E-state index contributed by atoms with van der Waals surface area (Å²) in [5.41, 5.74) is 3.61. The lowest BCUT2D eigenvalue weighted by molar-refractivity contribution is -0.118. The van der Waals surface area contributed by atoms with Crippen LogP contribution in [0.25, 0.3) is 0 Å². The summed E-state index contributed by atoms with van der Waals surface area (Å²) in [5, 5.41) is -1.11. The molecule has 4 nitrogen and oxygen atoms in total. The highest BCUT2D eigenvalue weighted by Crippen LogP contribution is 2.29. The molecule has 1 amide bonds. The number of rotatable bonds is 3. The fourth-order valence-corrected chi connectivity index (χ4v) is 4.96. The molecule has 1 aliphatic heterocycles. The molecule has 1 aliphatic rings. The van der Waals surface area contributed by atoms with Crippen LogP contribution in [-0.4, -0.2) is 26.1 Å². The second kappa shape index (κ2) is 6.64. The van der Waals surface area contributed by atoms with Gasteiger partial charge in [0.05, 0.1) is 4.90 Å². The Balaban J connectivity index is 1.95. The van der Waals surface area contributed by atoms with Crippen LogP contribution < -0.4 is 4.90 Å². The lowest BCUT2D eigenvalue weighted by Gasteiger charge is -2.31. The summed E-state index contributed by atoms with van der Waals surface area (Å²) in [6, 6.07) is 12.9. The molecular weight excluding hydrogens is 334 g/mol. The molecule has 0 radical (unpaired) electrons. The molecule has 0 aromatic heterocycles. The Kier molecular flexibility index (Phi) is 4.69. The maximum Gasteiger partial charge on any atom is 0.245 e. The molecule has 0 N–H and O–H groups in total. The number of amides is 1. The topological polar surface area (TPSA) is 54.5 Å². The number of benzene rings is 2. The zero-order valence-electron chi connectivity index (χ0n) is 14.8. The number of fused-ring (bicyclic) bond motifs is 1. The van der Waals surface area contributed by atoms with Gasteiger partial charge >= 0.3 is 0 Å². The maximum atomic E-state index is 13.0. The van der Waals surface area contributed by atoms with E-state index in [-0.39, 0.29) is 10.8 Å². The Morgan fingerprint density at radius 1 is 1.12 bits per heavy atom. The molecule has 5 heteroatoms. The largest absolute Gasteiger partial charge is 0.311 e. The molecule has 0 saturated heterocycles. The van der Waals surface area contributed by atoms with Crippen molar-refractivity contribution in [3.8, 4) is 0 Å². The van der Waals surface area contributed by atoms with Crippen LogP contribution >= 0.6 is 0 Å². The molecule has 0 aliphatic carbocycles. The van der Waals surface area contributed by atoms with Gasteiger partial charge in [0.15, 0.2) is 9.84 Å². The molecule has 2 aromatic rings. The normalized spacial score (nSPS) is 15.6. The maximum absolute atomic E-state index is 13.0. The number of carbonyl (C=O) groups is 1. The third-order valence-electron chi connectivity index (χ3n) is 4.83. The number of sulfone groups is 1. The highest BCUT2D eigenvalue weighted by Gasteiger charge is 2.35. The van der Waals surface area contributed by atoms with Crippen molar-refractivity contribution in [1.29, 1.82) is 0 Å². The van der Waals surface area contributed by atoms with E-state index in [1.807, 2.05) is 37.3 Å². The number of para-hydroxylation sites is 1. The summed E-state index contributed by atoms with van der Waals surface area (Å²) in [5.74, 6) is -0.355. The average molecular weight is 357 g/mol. The Labute approximate surface area is 149 Å². The molecule has 1 atom stereocenters. The van der Waals surface area contributed by atoms with E-state index in [2.05, 4.69) is 0 Å². The summed E-state index contributed by atoms with van der Waals surface area (Å²) >= 11 is 0. The Morgan fingerprint density at radius 2 is 1.84 bits per heavy atom. The van der Waals surface area contributed by atoms with Crippen molar-refractivity contribution in [2.45, 2.75) is 43.8 Å². The van der Waals surface area contributed by atoms with Gasteiger partial charge in [0.25, 0.3) is 0 Å². The van der Waals surface area contributed by atoms with Crippen molar-refractivity contribution < 1.29 is 13.2 Å². The van der Waals surface area contributed by atoms with E-state index in [4.69, 9.17) is 0 Å². The van der Waals surface area contributed by atoms with E-state index in [0.717, 1.165) is 29.7 Å². The van der Waals surface area contributed by atoms with Gasteiger partial charge in [0, 0.05) is 12.2 Å². The Hall–Kier alpha value is -2.14. The number of anilines is 1. The molecule has 2 aromatic carbocycles. The van der Waals surface area contributed by atoms with E-state index < -0.39 is 15.1 Å². The van der Waals surface area contributed by atoms with E-state index in [1.165, 1.54) is 6.92 Å². The minimum Gasteiger partial charge on any atom is -0.311 e. The summed E-state index contributed by atoms with van der Waals surface area (Å²) in [6.07, 6.45) is 1.76. The molecule has 0 bridgehead atoms. The molecular formula is C20H23NO3S. The van der Waals surface area contributed by atoms with Gasteiger partial charge in [-0.05, 0) is 56.9 Å². The van der Waals surface area contributed by atoms with Crippen LogP contribution in [0.4, 0.5) is 5.69 Å². The van der Waals surface area contributed by atoms with Gasteiger partial charge in [-0.1, -0.05) is 35.9 Å². The third-order valence-corrected chi connectivity index (χ3v) is 7.03. The van der Waals surface area contributed by atoms with Crippen LogP contribution in [0.3, 0.4) is 0 Å². The van der Waals surface area contributed by atoms with Crippen molar-refractivity contribution in [3.63, 3.8) is 0 Å². The summed E-state index contributed by atoms with van der Waals surface area (Å²) in [4.78, 5) is 14.9. The number of carbonyl (C=O) groups excluding carboxylic acids is 1. The van der Waals surface area contributed by atoms with Crippen LogP contribution in [0.1, 0.15) is 30.0 Å². The monoisotopic (exact) mass is 357 g/mol. The van der Waals surface area contributed by atoms with Gasteiger partial charge < -0.3 is 4.90 Å². The van der Waals surface area contributed by atoms with E-state index in [0.29, 0.717) is 12.1 Å². The lowest BCUT2D eigenvalue weighted by atomic mass is 10.0. The van der Waals surface area contributed by atoms with Crippen molar-refractivity contribution >= 4 is 21.4 Å². The first-order valence-corrected chi connectivity index (χ1v) is 10.1. The highest BCUT2D eigenvalue weighted by molar-refractivity contribution is 7.92. The predicted octanol–water partition coefficient (Wildman–Crippen LogP) is 3.45. The molecule has 0 fully saturated rings. The fourth-order valence-electron chi connectivity index (χ4n) is 3.42. The minimum atomic E-state index is -3.73. The summed E-state index contributed by atoms with van der Waals surface area (Å²) in [7, 11) is -3.73. The molecule has 1 heterocycles. The fraction of sp³-hybridized carbons (Fsp3) is 0.350. The van der Waals surface area contributed by atoms with Crippen molar-refractivity contribution in [2.24, 2.45) is 0 Å². The lowest BCUT2D eigenvalue weighted by Crippen LogP contribution is -2.44. The zero-order valence-corrected chi connectivity index (χ0v) is 15.6. The standard InChI is InChI=1S/C20H23NO3S/c1-14-10-11-19(15(2)13-14)25(23,24)16(3)20(22)21-12-6-8-17-7-4-5-9-18(17)21/h4-5,7,9-11,13,16H,6,8,12H2,1-3H3. The second-order valence-electron chi connectivity index (χ2n) is 6.68. The van der Waals surface area contributed by atoms with Crippen LogP contribution in [0.2, 0.25) is 0 Å². The van der Waals surface area contributed by atoms with Gasteiger partial charge in [-0.25, -0.2) is 8.42 Å². The zero-order chi connectivity index (χ0) is 18.2. The Bertz CT molecular complexity index is 918. The van der Waals surface area contributed by atoms with Crippen LogP contribution in [0.15, 0.2) is 47.4 Å². The smallest absolute Gasteiger partial charge is 0.245 e. The average Bonchev–Trinajstić information content (AvgIpc) is 2.59. The van der Waals surface area contributed by atoms with Crippen LogP contribution in [-0.2, 0) is 21.1 Å². The van der Waals surface area contributed by atoms with Gasteiger partial charge in [-0.15, -0.1) is 0 Å². The van der Waals surface area contributed by atoms with Crippen molar-refractivity contribution in [1.82, 2.24) is 0 Å². The first kappa shape index (κ1) is 17.7.